The maximum Gasteiger partial charge on any atom is 0.272 e. The van der Waals surface area contributed by atoms with Crippen molar-refractivity contribution in [2.45, 2.75) is 0 Å². The van der Waals surface area contributed by atoms with Gasteiger partial charge in [-0.1, -0.05) is 0 Å². The number of methoxy groups -OCH3 is 3. The average molecular weight is 326 g/mol. The number of rotatable bonds is 5. The number of nitrogens with one attached hydrogen (secondary N) is 2. The summed E-state index contributed by atoms with van der Waals surface area (Å²) in [4.78, 5) is 15.6. The van der Waals surface area contributed by atoms with Gasteiger partial charge in [0, 0.05) is 40.9 Å². The summed E-state index contributed by atoms with van der Waals surface area (Å²) in [6.45, 7) is 0. The van der Waals surface area contributed by atoms with Crippen LogP contribution in [0.4, 0.5) is 5.69 Å². The second kappa shape index (κ2) is 6.54. The van der Waals surface area contributed by atoms with Gasteiger partial charge in [0.1, 0.15) is 22.9 Å². The molecule has 0 aliphatic rings. The summed E-state index contributed by atoms with van der Waals surface area (Å²) in [5, 5.41) is 3.77. The minimum Gasteiger partial charge on any atom is -0.497 e. The molecule has 0 saturated heterocycles. The fourth-order valence-electron chi connectivity index (χ4n) is 2.43. The first-order valence-electron chi connectivity index (χ1n) is 7.34. The van der Waals surface area contributed by atoms with Crippen molar-refractivity contribution in [1.29, 1.82) is 0 Å². The highest BCUT2D eigenvalue weighted by Gasteiger charge is 2.12. The standard InChI is InChI=1S/C18H18N2O4/c1-22-13-5-4-11-6-17(20-16(11)10-13)18(21)19-12-7-14(23-2)9-15(8-12)24-3/h4-10,20H,1-3H3,(H,19,21). The van der Waals surface area contributed by atoms with E-state index in [1.807, 2.05) is 18.2 Å². The molecule has 0 saturated carbocycles. The van der Waals surface area contributed by atoms with E-state index in [1.54, 1.807) is 45.6 Å². The first kappa shape index (κ1) is 15.7. The molecule has 0 atom stereocenters. The Hall–Kier alpha value is -3.15. The topological polar surface area (TPSA) is 72.6 Å². The van der Waals surface area contributed by atoms with Crippen LogP contribution in [0.3, 0.4) is 0 Å². The van der Waals surface area contributed by atoms with Crippen molar-refractivity contribution >= 4 is 22.5 Å². The molecule has 1 aromatic heterocycles. The monoisotopic (exact) mass is 326 g/mol. The summed E-state index contributed by atoms with van der Waals surface area (Å²) in [5.74, 6) is 1.69. The Morgan fingerprint density at radius 1 is 0.875 bits per heavy atom. The molecule has 2 N–H and O–H groups in total. The number of hydrogen-bond acceptors (Lipinski definition) is 4. The lowest BCUT2D eigenvalue weighted by Crippen LogP contribution is -2.12. The SMILES string of the molecule is COc1cc(NC(=O)c2cc3ccc(OC)cc3[nH]2)cc(OC)c1. The van der Waals surface area contributed by atoms with Gasteiger partial charge in [0.2, 0.25) is 0 Å². The number of carbonyl (C=O) groups is 1. The van der Waals surface area contributed by atoms with Gasteiger partial charge in [-0.15, -0.1) is 0 Å². The Kier molecular flexibility index (Phi) is 4.29. The summed E-state index contributed by atoms with van der Waals surface area (Å²) < 4.78 is 15.6. The highest BCUT2D eigenvalue weighted by Crippen LogP contribution is 2.27. The van der Waals surface area contributed by atoms with Crippen LogP contribution >= 0.6 is 0 Å². The first-order chi connectivity index (χ1) is 11.6. The van der Waals surface area contributed by atoms with Crippen molar-refractivity contribution in [3.8, 4) is 17.2 Å². The number of fused-ring (bicyclic) bond motifs is 1. The van der Waals surface area contributed by atoms with Gasteiger partial charge >= 0.3 is 0 Å². The molecule has 24 heavy (non-hydrogen) atoms. The molecule has 6 nitrogen and oxygen atoms in total. The number of hydrogen-bond donors (Lipinski definition) is 2. The number of anilines is 1. The third-order valence-electron chi connectivity index (χ3n) is 3.68. The predicted molar refractivity (Wildman–Crippen MR) is 92.3 cm³/mol. The molecule has 0 unspecified atom stereocenters. The van der Waals surface area contributed by atoms with E-state index in [9.17, 15) is 4.79 Å². The third kappa shape index (κ3) is 3.12. The normalized spacial score (nSPS) is 10.5. The van der Waals surface area contributed by atoms with Crippen molar-refractivity contribution < 1.29 is 19.0 Å². The van der Waals surface area contributed by atoms with E-state index in [0.29, 0.717) is 22.9 Å². The Balaban J connectivity index is 1.87. The summed E-state index contributed by atoms with van der Waals surface area (Å²) in [7, 11) is 4.73. The molecule has 0 spiro atoms. The first-order valence-corrected chi connectivity index (χ1v) is 7.34. The summed E-state index contributed by atoms with van der Waals surface area (Å²) >= 11 is 0. The molecule has 0 aliphatic heterocycles. The van der Waals surface area contributed by atoms with Crippen LogP contribution < -0.4 is 19.5 Å². The fourth-order valence-corrected chi connectivity index (χ4v) is 2.43. The number of carbonyl (C=O) groups excluding carboxylic acids is 1. The quantitative estimate of drug-likeness (QED) is 0.753. The van der Waals surface area contributed by atoms with Gasteiger partial charge in [0.15, 0.2) is 0 Å². The number of benzene rings is 2. The summed E-state index contributed by atoms with van der Waals surface area (Å²) in [5.41, 5.74) is 1.88. The van der Waals surface area contributed by atoms with Crippen LogP contribution in [0.2, 0.25) is 0 Å². The smallest absolute Gasteiger partial charge is 0.272 e. The largest absolute Gasteiger partial charge is 0.497 e. The Labute approximate surface area is 139 Å². The van der Waals surface area contributed by atoms with Crippen molar-refractivity contribution in [3.63, 3.8) is 0 Å². The predicted octanol–water partition coefficient (Wildman–Crippen LogP) is 3.45. The fraction of sp³-hybridized carbons (Fsp3) is 0.167. The van der Waals surface area contributed by atoms with E-state index in [2.05, 4.69) is 10.3 Å². The maximum absolute atomic E-state index is 12.5. The van der Waals surface area contributed by atoms with Crippen LogP contribution in [0.5, 0.6) is 17.2 Å². The Morgan fingerprint density at radius 2 is 1.54 bits per heavy atom. The number of amides is 1. The minimum absolute atomic E-state index is 0.250. The van der Waals surface area contributed by atoms with Gasteiger partial charge in [-0.25, -0.2) is 0 Å². The molecule has 6 heteroatoms. The van der Waals surface area contributed by atoms with E-state index in [-0.39, 0.29) is 5.91 Å². The molecule has 124 valence electrons. The van der Waals surface area contributed by atoms with Gasteiger partial charge in [0.25, 0.3) is 5.91 Å². The minimum atomic E-state index is -0.250. The third-order valence-corrected chi connectivity index (χ3v) is 3.68. The number of aromatic amines is 1. The molecule has 2 aromatic carbocycles. The van der Waals surface area contributed by atoms with Crippen LogP contribution in [-0.4, -0.2) is 32.2 Å². The second-order valence-electron chi connectivity index (χ2n) is 5.19. The summed E-state index contributed by atoms with van der Waals surface area (Å²) in [6, 6.07) is 12.6. The van der Waals surface area contributed by atoms with Gasteiger partial charge < -0.3 is 24.5 Å². The molecule has 1 amide bonds. The van der Waals surface area contributed by atoms with Gasteiger partial charge in [-0.2, -0.15) is 0 Å². The van der Waals surface area contributed by atoms with Crippen molar-refractivity contribution in [2.24, 2.45) is 0 Å². The number of aromatic nitrogens is 1. The van der Waals surface area contributed by atoms with Crippen LogP contribution in [0, 0.1) is 0 Å². The highest BCUT2D eigenvalue weighted by atomic mass is 16.5. The van der Waals surface area contributed by atoms with Gasteiger partial charge in [-0.3, -0.25) is 4.79 Å². The molecule has 0 bridgehead atoms. The van der Waals surface area contributed by atoms with E-state index >= 15 is 0 Å². The number of H-pyrrole nitrogens is 1. The zero-order valence-corrected chi connectivity index (χ0v) is 13.7. The van der Waals surface area contributed by atoms with Crippen LogP contribution in [0.15, 0.2) is 42.5 Å². The lowest BCUT2D eigenvalue weighted by atomic mass is 10.2. The van der Waals surface area contributed by atoms with Crippen molar-refractivity contribution in [1.82, 2.24) is 4.98 Å². The second-order valence-corrected chi connectivity index (χ2v) is 5.19. The zero-order chi connectivity index (χ0) is 17.1. The van der Waals surface area contributed by atoms with Crippen molar-refractivity contribution in [2.75, 3.05) is 26.6 Å². The molecule has 0 radical (unpaired) electrons. The van der Waals surface area contributed by atoms with Gasteiger partial charge in [0.05, 0.1) is 21.3 Å². The van der Waals surface area contributed by atoms with E-state index < -0.39 is 0 Å². The summed E-state index contributed by atoms with van der Waals surface area (Å²) in [6.07, 6.45) is 0. The van der Waals surface area contributed by atoms with E-state index in [1.165, 1.54) is 0 Å². The lowest BCUT2D eigenvalue weighted by molar-refractivity contribution is 0.102. The number of ether oxygens (including phenoxy) is 3. The van der Waals surface area contributed by atoms with E-state index in [4.69, 9.17) is 14.2 Å². The highest BCUT2D eigenvalue weighted by molar-refractivity contribution is 6.06. The molecular formula is C18H18N2O4. The average Bonchev–Trinajstić information content (AvgIpc) is 3.04. The van der Waals surface area contributed by atoms with Crippen LogP contribution in [-0.2, 0) is 0 Å². The Morgan fingerprint density at radius 3 is 2.17 bits per heavy atom. The van der Waals surface area contributed by atoms with Crippen LogP contribution in [0.25, 0.3) is 10.9 Å². The van der Waals surface area contributed by atoms with Crippen LogP contribution in [0.1, 0.15) is 10.5 Å². The molecule has 0 fully saturated rings. The molecule has 0 aliphatic carbocycles. The zero-order valence-electron chi connectivity index (χ0n) is 13.7. The molecule has 3 rings (SSSR count). The van der Waals surface area contributed by atoms with Gasteiger partial charge in [-0.05, 0) is 18.2 Å². The molecular weight excluding hydrogens is 308 g/mol. The maximum atomic E-state index is 12.5. The molecule has 1 heterocycles. The Bertz CT molecular complexity index is 864. The van der Waals surface area contributed by atoms with E-state index in [0.717, 1.165) is 16.7 Å². The lowest BCUT2D eigenvalue weighted by Gasteiger charge is -2.09. The van der Waals surface area contributed by atoms with Crippen molar-refractivity contribution in [3.05, 3.63) is 48.2 Å². The molecule has 3 aromatic rings.